The summed E-state index contributed by atoms with van der Waals surface area (Å²) in [5.74, 6) is -0.534. The van der Waals surface area contributed by atoms with Gasteiger partial charge in [0.25, 0.3) is 5.88 Å². The molecular weight excluding hydrogens is 476 g/mol. The summed E-state index contributed by atoms with van der Waals surface area (Å²) >= 11 is 0. The highest BCUT2D eigenvalue weighted by Gasteiger charge is 2.34. The Morgan fingerprint density at radius 3 is 2.37 bits per heavy atom. The van der Waals surface area contributed by atoms with Crippen LogP contribution in [0.5, 0.6) is 11.6 Å². The maximum atomic E-state index is 13.4. The maximum Gasteiger partial charge on any atom is 0.361 e. The topological polar surface area (TPSA) is 81.5 Å². The van der Waals surface area contributed by atoms with Crippen molar-refractivity contribution in [3.8, 4) is 11.6 Å². The summed E-state index contributed by atoms with van der Waals surface area (Å²) in [6.45, 7) is 5.56. The zero-order valence-electron chi connectivity index (χ0n) is 22.2. The van der Waals surface area contributed by atoms with Gasteiger partial charge in [-0.2, -0.15) is 4.98 Å². The van der Waals surface area contributed by atoms with Gasteiger partial charge >= 0.3 is 5.97 Å². The van der Waals surface area contributed by atoms with Crippen LogP contribution in [0.3, 0.4) is 0 Å². The average molecular weight is 511 g/mol. The van der Waals surface area contributed by atoms with Gasteiger partial charge in [0.05, 0.1) is 0 Å². The molecule has 1 unspecified atom stereocenters. The van der Waals surface area contributed by atoms with Gasteiger partial charge in [-0.1, -0.05) is 85.6 Å². The van der Waals surface area contributed by atoms with Crippen LogP contribution in [0.25, 0.3) is 10.8 Å². The molecule has 1 heterocycles. The van der Waals surface area contributed by atoms with E-state index in [0.29, 0.717) is 11.7 Å². The fourth-order valence-electron chi connectivity index (χ4n) is 5.34. The first-order valence-electron chi connectivity index (χ1n) is 13.3. The van der Waals surface area contributed by atoms with E-state index in [2.05, 4.69) is 29.2 Å². The monoisotopic (exact) mass is 510 g/mol. The maximum absolute atomic E-state index is 13.4. The Balaban J connectivity index is 1.62. The zero-order valence-corrected chi connectivity index (χ0v) is 22.2. The number of carbonyl (C=O) groups is 1. The second-order valence-corrected chi connectivity index (χ2v) is 10.9. The van der Waals surface area contributed by atoms with Crippen molar-refractivity contribution >= 4 is 16.7 Å². The van der Waals surface area contributed by atoms with Crippen LogP contribution >= 0.6 is 0 Å². The van der Waals surface area contributed by atoms with Crippen LogP contribution in [0, 0.1) is 5.92 Å². The van der Waals surface area contributed by atoms with Gasteiger partial charge in [0.15, 0.2) is 5.69 Å². The van der Waals surface area contributed by atoms with Crippen molar-refractivity contribution in [2.75, 3.05) is 0 Å². The molecule has 196 valence electrons. The average Bonchev–Trinajstić information content (AvgIpc) is 3.42. The van der Waals surface area contributed by atoms with Gasteiger partial charge in [-0.25, -0.2) is 9.78 Å². The van der Waals surface area contributed by atoms with Gasteiger partial charge in [-0.3, -0.25) is 0 Å². The van der Waals surface area contributed by atoms with Crippen molar-refractivity contribution in [2.24, 2.45) is 5.92 Å². The fraction of sp³-hybridized carbons (Fsp3) is 0.344. The largest absolute Gasteiger partial charge is 0.491 e. The fourth-order valence-corrected chi connectivity index (χ4v) is 5.34. The lowest BCUT2D eigenvalue weighted by Crippen LogP contribution is -2.26. The standard InChI is InChI=1S/C32H34N2O4/c1-32(2,3)38-31(36)27-28(37-20-21-12-5-4-6-13-21)30(35)34-29(33-27)26(23-15-7-8-16-23)25-19-11-17-22-14-9-10-18-24(22)25/h4-6,9-14,17-19,23,26H,7-8,15-16,20H2,1-3H3,(H,33,34,35). The lowest BCUT2D eigenvalue weighted by Gasteiger charge is -2.26. The van der Waals surface area contributed by atoms with Gasteiger partial charge in [-0.05, 0) is 61.4 Å². The Labute approximate surface area is 223 Å². The molecule has 0 bridgehead atoms. The van der Waals surface area contributed by atoms with E-state index < -0.39 is 11.6 Å². The lowest BCUT2D eigenvalue weighted by atomic mass is 9.82. The van der Waals surface area contributed by atoms with Crippen molar-refractivity contribution in [1.29, 1.82) is 0 Å². The highest BCUT2D eigenvalue weighted by Crippen LogP contribution is 2.44. The predicted octanol–water partition coefficient (Wildman–Crippen LogP) is 7.19. The van der Waals surface area contributed by atoms with Gasteiger partial charge in [0.2, 0.25) is 5.75 Å². The highest BCUT2D eigenvalue weighted by molar-refractivity contribution is 5.91. The van der Waals surface area contributed by atoms with E-state index in [4.69, 9.17) is 14.5 Å². The first-order chi connectivity index (χ1) is 18.3. The van der Waals surface area contributed by atoms with Crippen LogP contribution in [0.1, 0.15) is 79.8 Å². The molecule has 3 aromatic carbocycles. The van der Waals surface area contributed by atoms with Crippen LogP contribution < -0.4 is 4.74 Å². The zero-order chi connectivity index (χ0) is 26.7. The number of hydrogen-bond acceptors (Lipinski definition) is 6. The third-order valence-electron chi connectivity index (χ3n) is 6.99. The molecule has 1 aliphatic carbocycles. The first kappa shape index (κ1) is 25.7. The molecule has 5 rings (SSSR count). The summed E-state index contributed by atoms with van der Waals surface area (Å²) in [5.41, 5.74) is 1.20. The van der Waals surface area contributed by atoms with E-state index in [1.165, 1.54) is 0 Å². The molecule has 6 nitrogen and oxygen atoms in total. The van der Waals surface area contributed by atoms with Crippen LogP contribution in [0.2, 0.25) is 0 Å². The lowest BCUT2D eigenvalue weighted by molar-refractivity contribution is 0.00564. The minimum absolute atomic E-state index is 0.0541. The molecule has 0 saturated heterocycles. The molecule has 0 spiro atoms. The second-order valence-electron chi connectivity index (χ2n) is 10.9. The number of esters is 1. The van der Waals surface area contributed by atoms with Crippen LogP contribution in [0.15, 0.2) is 72.8 Å². The summed E-state index contributed by atoms with van der Waals surface area (Å²) in [6.07, 6.45) is 4.34. The molecule has 1 atom stereocenters. The molecule has 0 amide bonds. The number of carbonyl (C=O) groups excluding carboxylic acids is 1. The van der Waals surface area contributed by atoms with Gasteiger partial charge < -0.3 is 14.6 Å². The van der Waals surface area contributed by atoms with Crippen molar-refractivity contribution in [3.05, 3.63) is 95.4 Å². The molecule has 1 fully saturated rings. The number of ether oxygens (including phenoxy) is 2. The molecule has 0 radical (unpaired) electrons. The summed E-state index contributed by atoms with van der Waals surface area (Å²) < 4.78 is 11.6. The Kier molecular flexibility index (Phi) is 7.32. The molecule has 38 heavy (non-hydrogen) atoms. The molecule has 0 aliphatic heterocycles. The molecule has 6 heteroatoms. The Morgan fingerprint density at radius 1 is 0.947 bits per heavy atom. The predicted molar refractivity (Wildman–Crippen MR) is 147 cm³/mol. The number of rotatable bonds is 7. The molecule has 4 aromatic rings. The van der Waals surface area contributed by atoms with Gasteiger partial charge in [-0.15, -0.1) is 0 Å². The van der Waals surface area contributed by atoms with Crippen molar-refractivity contribution in [3.63, 3.8) is 0 Å². The number of aromatic hydroxyl groups is 1. The summed E-state index contributed by atoms with van der Waals surface area (Å²) in [7, 11) is 0. The molecule has 1 saturated carbocycles. The van der Waals surface area contributed by atoms with Gasteiger partial charge in [0, 0.05) is 5.92 Å². The molecular formula is C32H34N2O4. The number of fused-ring (bicyclic) bond motifs is 1. The third-order valence-corrected chi connectivity index (χ3v) is 6.99. The SMILES string of the molecule is CC(C)(C)OC(=O)c1nc(C(c2cccc3ccccc23)C2CCCC2)nc(O)c1OCc1ccccc1. The number of hydrogen-bond donors (Lipinski definition) is 1. The van der Waals surface area contributed by atoms with Gasteiger partial charge in [0.1, 0.15) is 18.0 Å². The Bertz CT molecular complexity index is 1420. The number of nitrogens with zero attached hydrogens (tertiary/aromatic N) is 2. The quantitative estimate of drug-likeness (QED) is 0.265. The second kappa shape index (κ2) is 10.8. The first-order valence-corrected chi connectivity index (χ1v) is 13.3. The third kappa shape index (κ3) is 5.64. The molecule has 1 N–H and O–H groups in total. The van der Waals surface area contributed by atoms with Crippen molar-refractivity contribution in [1.82, 2.24) is 9.97 Å². The van der Waals surface area contributed by atoms with E-state index in [9.17, 15) is 9.90 Å². The molecule has 1 aliphatic rings. The van der Waals surface area contributed by atoms with Crippen molar-refractivity contribution in [2.45, 2.75) is 64.6 Å². The Morgan fingerprint density at radius 2 is 1.63 bits per heavy atom. The number of benzene rings is 3. The van der Waals surface area contributed by atoms with E-state index in [0.717, 1.165) is 47.6 Å². The van der Waals surface area contributed by atoms with Crippen LogP contribution in [0.4, 0.5) is 0 Å². The normalized spacial score (nSPS) is 14.9. The van der Waals surface area contributed by atoms with E-state index in [1.807, 2.05) is 48.5 Å². The minimum Gasteiger partial charge on any atom is -0.491 e. The number of aromatic nitrogens is 2. The van der Waals surface area contributed by atoms with E-state index in [-0.39, 0.29) is 29.8 Å². The summed E-state index contributed by atoms with van der Waals surface area (Å²) in [6, 6.07) is 24.1. The van der Waals surface area contributed by atoms with E-state index >= 15 is 0 Å². The smallest absolute Gasteiger partial charge is 0.361 e. The molecule has 1 aromatic heterocycles. The van der Waals surface area contributed by atoms with Crippen LogP contribution in [-0.2, 0) is 11.3 Å². The summed E-state index contributed by atoms with van der Waals surface area (Å²) in [4.78, 5) is 22.7. The van der Waals surface area contributed by atoms with E-state index in [1.54, 1.807) is 20.8 Å². The summed E-state index contributed by atoms with van der Waals surface area (Å²) in [5, 5.41) is 13.4. The highest BCUT2D eigenvalue weighted by atomic mass is 16.6. The van der Waals surface area contributed by atoms with Crippen LogP contribution in [-0.4, -0.2) is 26.6 Å². The minimum atomic E-state index is -0.741. The Hall–Kier alpha value is -3.93. The van der Waals surface area contributed by atoms with Crippen molar-refractivity contribution < 1.29 is 19.4 Å².